The van der Waals surface area contributed by atoms with Crippen molar-refractivity contribution in [2.75, 3.05) is 11.9 Å². The summed E-state index contributed by atoms with van der Waals surface area (Å²) >= 11 is 5.99. The fourth-order valence-corrected chi connectivity index (χ4v) is 2.04. The third kappa shape index (κ3) is 3.26. The number of hydrogen-bond acceptors (Lipinski definition) is 4. The first-order valence-corrected chi connectivity index (χ1v) is 6.80. The molecule has 2 heterocycles. The number of furan rings is 1. The van der Waals surface area contributed by atoms with Crippen LogP contribution in [0.4, 0.5) is 5.69 Å². The van der Waals surface area contributed by atoms with Gasteiger partial charge in [-0.05, 0) is 12.1 Å². The van der Waals surface area contributed by atoms with Gasteiger partial charge in [0, 0.05) is 13.0 Å². The molecule has 4 nitrogen and oxygen atoms in total. The minimum Gasteiger partial charge on any atom is -0.467 e. The van der Waals surface area contributed by atoms with E-state index >= 15 is 0 Å². The molecule has 5 heteroatoms. The number of halogens is 1. The quantitative estimate of drug-likeness (QED) is 0.785. The zero-order valence-corrected chi connectivity index (χ0v) is 12.2. The van der Waals surface area contributed by atoms with Crippen molar-refractivity contribution in [3.63, 3.8) is 0 Å². The van der Waals surface area contributed by atoms with E-state index in [1.807, 2.05) is 30.3 Å². The van der Waals surface area contributed by atoms with E-state index in [-0.39, 0.29) is 0 Å². The van der Waals surface area contributed by atoms with E-state index in [0.717, 1.165) is 23.0 Å². The minimum absolute atomic E-state index is 0.298. The van der Waals surface area contributed by atoms with Crippen molar-refractivity contribution in [2.45, 2.75) is 32.2 Å². The van der Waals surface area contributed by atoms with Gasteiger partial charge in [0.15, 0.2) is 0 Å². The van der Waals surface area contributed by atoms with Crippen LogP contribution in [0.1, 0.15) is 37.0 Å². The molecule has 2 rings (SSSR count). The molecule has 0 spiro atoms. The monoisotopic (exact) mass is 279 g/mol. The van der Waals surface area contributed by atoms with E-state index in [1.54, 1.807) is 6.26 Å². The highest BCUT2D eigenvalue weighted by atomic mass is 35.5. The lowest BCUT2D eigenvalue weighted by Crippen LogP contribution is -2.19. The molecule has 0 aliphatic heterocycles. The normalized spacial score (nSPS) is 11.0. The van der Waals surface area contributed by atoms with Crippen LogP contribution in [0.3, 0.4) is 0 Å². The molecule has 19 heavy (non-hydrogen) atoms. The minimum atomic E-state index is 0.298. The Hall–Kier alpha value is -1.55. The number of aromatic nitrogens is 2. The second-order valence-electron chi connectivity index (χ2n) is 4.78. The molecule has 0 amide bonds. The average molecular weight is 280 g/mol. The predicted molar refractivity (Wildman–Crippen MR) is 76.5 cm³/mol. The van der Waals surface area contributed by atoms with E-state index in [1.165, 1.54) is 0 Å². The molecule has 2 aromatic rings. The van der Waals surface area contributed by atoms with Gasteiger partial charge in [-0.2, -0.15) is 0 Å². The van der Waals surface area contributed by atoms with Gasteiger partial charge >= 0.3 is 0 Å². The molecule has 0 N–H and O–H groups in total. The van der Waals surface area contributed by atoms with Gasteiger partial charge in [0.1, 0.15) is 11.6 Å². The Bertz CT molecular complexity index is 525. The Kier molecular flexibility index (Phi) is 4.43. The molecule has 0 radical (unpaired) electrons. The van der Waals surface area contributed by atoms with Crippen LogP contribution in [0.2, 0.25) is 0 Å². The van der Waals surface area contributed by atoms with Crippen molar-refractivity contribution in [3.05, 3.63) is 41.9 Å². The molecule has 0 atom stereocenters. The van der Waals surface area contributed by atoms with E-state index in [4.69, 9.17) is 16.0 Å². The standard InChI is InChI=1S/C14H18ClN3O/c1-10(2)14-16-8-13(12(7-15)17-14)18(3)9-11-5-4-6-19-11/h4-6,8,10H,7,9H2,1-3H3. The molecule has 0 saturated heterocycles. The fraction of sp³-hybridized carbons (Fsp3) is 0.429. The van der Waals surface area contributed by atoms with Gasteiger partial charge in [-0.15, -0.1) is 11.6 Å². The van der Waals surface area contributed by atoms with Crippen LogP contribution in [0.15, 0.2) is 29.0 Å². The summed E-state index contributed by atoms with van der Waals surface area (Å²) in [5.74, 6) is 2.40. The highest BCUT2D eigenvalue weighted by Gasteiger charge is 2.13. The van der Waals surface area contributed by atoms with E-state index in [2.05, 4.69) is 23.8 Å². The molecule has 0 bridgehead atoms. The Morgan fingerprint density at radius 2 is 2.21 bits per heavy atom. The van der Waals surface area contributed by atoms with Crippen molar-refractivity contribution in [2.24, 2.45) is 0 Å². The Morgan fingerprint density at radius 3 is 2.79 bits per heavy atom. The molecule has 2 aromatic heterocycles. The first-order chi connectivity index (χ1) is 9.11. The molecule has 0 aliphatic carbocycles. The van der Waals surface area contributed by atoms with Gasteiger partial charge in [-0.3, -0.25) is 0 Å². The first kappa shape index (κ1) is 13.9. The van der Waals surface area contributed by atoms with Crippen LogP contribution in [-0.4, -0.2) is 17.0 Å². The van der Waals surface area contributed by atoms with Crippen molar-refractivity contribution < 1.29 is 4.42 Å². The number of alkyl halides is 1. The van der Waals surface area contributed by atoms with E-state index < -0.39 is 0 Å². The highest BCUT2D eigenvalue weighted by Crippen LogP contribution is 2.22. The topological polar surface area (TPSA) is 42.2 Å². The third-order valence-electron chi connectivity index (χ3n) is 2.89. The lowest BCUT2D eigenvalue weighted by Gasteiger charge is -2.20. The van der Waals surface area contributed by atoms with E-state index in [0.29, 0.717) is 18.3 Å². The summed E-state index contributed by atoms with van der Waals surface area (Å²) in [6, 6.07) is 3.82. The lowest BCUT2D eigenvalue weighted by atomic mass is 10.2. The van der Waals surface area contributed by atoms with Crippen LogP contribution in [-0.2, 0) is 12.4 Å². The number of hydrogen-bond donors (Lipinski definition) is 0. The first-order valence-electron chi connectivity index (χ1n) is 6.27. The van der Waals surface area contributed by atoms with Crippen molar-refractivity contribution >= 4 is 17.3 Å². The van der Waals surface area contributed by atoms with Crippen molar-refractivity contribution in [3.8, 4) is 0 Å². The SMILES string of the molecule is CC(C)c1ncc(N(C)Cc2ccco2)c(CCl)n1. The third-order valence-corrected chi connectivity index (χ3v) is 3.14. The summed E-state index contributed by atoms with van der Waals surface area (Å²) in [5.41, 5.74) is 1.80. The molecule has 0 fully saturated rings. The van der Waals surface area contributed by atoms with Gasteiger partial charge in [-0.25, -0.2) is 9.97 Å². The predicted octanol–water partition coefficient (Wildman–Crippen LogP) is 3.57. The Balaban J connectivity index is 2.23. The largest absolute Gasteiger partial charge is 0.467 e. The summed E-state index contributed by atoms with van der Waals surface area (Å²) < 4.78 is 5.35. The molecule has 0 aromatic carbocycles. The van der Waals surface area contributed by atoms with Crippen LogP contribution >= 0.6 is 11.6 Å². The summed E-state index contributed by atoms with van der Waals surface area (Å²) in [4.78, 5) is 11.0. The maximum absolute atomic E-state index is 5.99. The van der Waals surface area contributed by atoms with Crippen LogP contribution < -0.4 is 4.90 Å². The smallest absolute Gasteiger partial charge is 0.131 e. The maximum Gasteiger partial charge on any atom is 0.131 e. The van der Waals surface area contributed by atoms with E-state index in [9.17, 15) is 0 Å². The second-order valence-corrected chi connectivity index (χ2v) is 5.05. The number of rotatable bonds is 5. The number of nitrogens with zero attached hydrogens (tertiary/aromatic N) is 3. The lowest BCUT2D eigenvalue weighted by molar-refractivity contribution is 0.507. The number of anilines is 1. The van der Waals surface area contributed by atoms with Gasteiger partial charge in [0.05, 0.1) is 36.3 Å². The van der Waals surface area contributed by atoms with Crippen molar-refractivity contribution in [1.29, 1.82) is 0 Å². The maximum atomic E-state index is 5.99. The summed E-state index contributed by atoms with van der Waals surface area (Å²) in [5, 5.41) is 0. The van der Waals surface area contributed by atoms with Gasteiger partial charge < -0.3 is 9.32 Å². The molecular weight excluding hydrogens is 262 g/mol. The van der Waals surface area contributed by atoms with Gasteiger partial charge in [-0.1, -0.05) is 13.8 Å². The summed E-state index contributed by atoms with van der Waals surface area (Å²) in [7, 11) is 1.98. The molecule has 0 aliphatic rings. The van der Waals surface area contributed by atoms with Crippen LogP contribution in [0.25, 0.3) is 0 Å². The molecule has 0 saturated carbocycles. The average Bonchev–Trinajstić information content (AvgIpc) is 2.90. The molecular formula is C14H18ClN3O. The van der Waals surface area contributed by atoms with Gasteiger partial charge in [0.25, 0.3) is 0 Å². The summed E-state index contributed by atoms with van der Waals surface area (Å²) in [6.45, 7) is 4.81. The summed E-state index contributed by atoms with van der Waals surface area (Å²) in [6.07, 6.45) is 3.51. The highest BCUT2D eigenvalue weighted by molar-refractivity contribution is 6.17. The van der Waals surface area contributed by atoms with Crippen LogP contribution in [0.5, 0.6) is 0 Å². The molecule has 102 valence electrons. The second kappa shape index (κ2) is 6.06. The zero-order chi connectivity index (χ0) is 13.8. The van der Waals surface area contributed by atoms with Crippen LogP contribution in [0, 0.1) is 0 Å². The Labute approximate surface area is 118 Å². The van der Waals surface area contributed by atoms with Crippen molar-refractivity contribution in [1.82, 2.24) is 9.97 Å². The van der Waals surface area contributed by atoms with Gasteiger partial charge in [0.2, 0.25) is 0 Å². The molecule has 0 unspecified atom stereocenters. The zero-order valence-electron chi connectivity index (χ0n) is 11.4. The fourth-order valence-electron chi connectivity index (χ4n) is 1.84. The Morgan fingerprint density at radius 1 is 1.42 bits per heavy atom.